The Kier molecular flexibility index (Phi) is 6.48. The van der Waals surface area contributed by atoms with E-state index in [1.54, 1.807) is 18.0 Å². The second-order valence-corrected chi connectivity index (χ2v) is 8.87. The molecular formula is C24H32N8O2. The molecule has 0 saturated carbocycles. The molecule has 0 unspecified atom stereocenters. The van der Waals surface area contributed by atoms with E-state index in [0.717, 1.165) is 76.2 Å². The first-order valence-corrected chi connectivity index (χ1v) is 11.9. The Hall–Kier alpha value is -3.40. The first kappa shape index (κ1) is 22.4. The Morgan fingerprint density at radius 3 is 2.38 bits per heavy atom. The third-order valence-electron chi connectivity index (χ3n) is 6.77. The molecule has 1 amide bonds. The van der Waals surface area contributed by atoms with Crippen LogP contribution in [0.1, 0.15) is 12.1 Å². The van der Waals surface area contributed by atoms with E-state index in [4.69, 9.17) is 4.74 Å². The molecule has 0 spiro atoms. The van der Waals surface area contributed by atoms with Gasteiger partial charge in [-0.1, -0.05) is 0 Å². The van der Waals surface area contributed by atoms with Crippen LogP contribution in [0.25, 0.3) is 5.78 Å². The number of carbonyl (C=O) groups excluding carboxylic acids is 1. The summed E-state index contributed by atoms with van der Waals surface area (Å²) in [5, 5.41) is 4.33. The van der Waals surface area contributed by atoms with Gasteiger partial charge < -0.3 is 19.4 Å². The largest absolute Gasteiger partial charge is 0.497 e. The lowest BCUT2D eigenvalue weighted by Crippen LogP contribution is -2.50. The maximum absolute atomic E-state index is 12.8. The number of anilines is 2. The predicted octanol–water partition coefficient (Wildman–Crippen LogP) is 1.30. The summed E-state index contributed by atoms with van der Waals surface area (Å²) < 4.78 is 7.05. The van der Waals surface area contributed by atoms with Crippen LogP contribution >= 0.6 is 0 Å². The van der Waals surface area contributed by atoms with E-state index in [-0.39, 0.29) is 5.91 Å². The fourth-order valence-corrected chi connectivity index (χ4v) is 4.76. The number of fused-ring (bicyclic) bond motifs is 1. The first-order chi connectivity index (χ1) is 16.6. The Balaban J connectivity index is 1.07. The van der Waals surface area contributed by atoms with Gasteiger partial charge in [0.1, 0.15) is 17.9 Å². The fourth-order valence-electron chi connectivity index (χ4n) is 4.76. The van der Waals surface area contributed by atoms with Crippen molar-refractivity contribution in [1.82, 2.24) is 29.4 Å². The summed E-state index contributed by atoms with van der Waals surface area (Å²) in [6, 6.07) is 10.2. The standard InChI is InChI=1S/C24H32N8O2/c1-19-17-22(32-24(27-19)25-18-26-32)30-11-9-28(10-12-30)8-7-23(33)31-15-13-29(14-16-31)20-3-5-21(34-2)6-4-20/h3-6,17-18H,7-16H2,1-2H3. The minimum absolute atomic E-state index is 0.255. The number of methoxy groups -OCH3 is 1. The highest BCUT2D eigenvalue weighted by Crippen LogP contribution is 2.21. The Morgan fingerprint density at radius 1 is 0.971 bits per heavy atom. The SMILES string of the molecule is COc1ccc(N2CCN(C(=O)CCN3CCN(c4cc(C)nc5ncnn45)CC3)CC2)cc1. The monoisotopic (exact) mass is 464 g/mol. The van der Waals surface area contributed by atoms with Crippen molar-refractivity contribution in [2.24, 2.45) is 0 Å². The highest BCUT2D eigenvalue weighted by molar-refractivity contribution is 5.76. The molecule has 2 aromatic heterocycles. The number of piperazine rings is 2. The molecule has 2 saturated heterocycles. The van der Waals surface area contributed by atoms with Crippen LogP contribution in [0.15, 0.2) is 36.7 Å². The number of amides is 1. The van der Waals surface area contributed by atoms with Crippen LogP contribution < -0.4 is 14.5 Å². The van der Waals surface area contributed by atoms with E-state index in [2.05, 4.69) is 48.0 Å². The van der Waals surface area contributed by atoms with E-state index in [1.165, 1.54) is 5.69 Å². The van der Waals surface area contributed by atoms with Gasteiger partial charge in [-0.2, -0.15) is 14.6 Å². The van der Waals surface area contributed by atoms with Gasteiger partial charge in [-0.3, -0.25) is 9.69 Å². The summed E-state index contributed by atoms with van der Waals surface area (Å²) >= 11 is 0. The highest BCUT2D eigenvalue weighted by Gasteiger charge is 2.24. The van der Waals surface area contributed by atoms with Gasteiger partial charge >= 0.3 is 0 Å². The molecule has 3 aromatic rings. The number of benzene rings is 1. The van der Waals surface area contributed by atoms with Crippen LogP contribution in [0.4, 0.5) is 11.5 Å². The zero-order valence-electron chi connectivity index (χ0n) is 19.9. The van der Waals surface area contributed by atoms with Gasteiger partial charge in [-0.05, 0) is 31.2 Å². The fraction of sp³-hybridized carbons (Fsp3) is 0.500. The number of carbonyl (C=O) groups is 1. The minimum Gasteiger partial charge on any atom is -0.497 e. The summed E-state index contributed by atoms with van der Waals surface area (Å²) in [6.45, 7) is 9.70. The summed E-state index contributed by atoms with van der Waals surface area (Å²) in [4.78, 5) is 30.5. The van der Waals surface area contributed by atoms with E-state index in [0.29, 0.717) is 12.2 Å². The second-order valence-electron chi connectivity index (χ2n) is 8.87. The number of aryl methyl sites for hydroxylation is 1. The Bertz CT molecular complexity index is 1120. The van der Waals surface area contributed by atoms with Crippen LogP contribution in [-0.4, -0.2) is 101 Å². The van der Waals surface area contributed by atoms with E-state index in [9.17, 15) is 4.79 Å². The zero-order chi connectivity index (χ0) is 23.5. The smallest absolute Gasteiger partial charge is 0.254 e. The number of hydrogen-bond donors (Lipinski definition) is 0. The Labute approximate surface area is 199 Å². The third-order valence-corrected chi connectivity index (χ3v) is 6.77. The molecular weight excluding hydrogens is 432 g/mol. The molecule has 0 atom stereocenters. The molecule has 1 aromatic carbocycles. The third kappa shape index (κ3) is 4.77. The van der Waals surface area contributed by atoms with E-state index >= 15 is 0 Å². The van der Waals surface area contributed by atoms with Crippen LogP contribution in [0.2, 0.25) is 0 Å². The Morgan fingerprint density at radius 2 is 1.68 bits per heavy atom. The average molecular weight is 465 g/mol. The molecule has 0 radical (unpaired) electrons. The van der Waals surface area contributed by atoms with Gasteiger partial charge in [0.05, 0.1) is 7.11 Å². The van der Waals surface area contributed by atoms with E-state index in [1.807, 2.05) is 24.0 Å². The lowest BCUT2D eigenvalue weighted by atomic mass is 10.2. The molecule has 0 N–H and O–H groups in total. The molecule has 5 rings (SSSR count). The van der Waals surface area contributed by atoms with Gasteiger partial charge in [0.15, 0.2) is 0 Å². The summed E-state index contributed by atoms with van der Waals surface area (Å²) in [6.07, 6.45) is 2.12. The molecule has 10 heteroatoms. The lowest BCUT2D eigenvalue weighted by molar-refractivity contribution is -0.131. The lowest BCUT2D eigenvalue weighted by Gasteiger charge is -2.38. The van der Waals surface area contributed by atoms with Crippen molar-refractivity contribution in [2.45, 2.75) is 13.3 Å². The maximum atomic E-state index is 12.8. The first-order valence-electron chi connectivity index (χ1n) is 11.9. The molecule has 34 heavy (non-hydrogen) atoms. The van der Waals surface area contributed by atoms with Crippen LogP contribution in [0.5, 0.6) is 5.75 Å². The van der Waals surface area contributed by atoms with E-state index < -0.39 is 0 Å². The van der Waals surface area contributed by atoms with Gasteiger partial charge in [0.25, 0.3) is 5.78 Å². The van der Waals surface area contributed by atoms with Gasteiger partial charge in [-0.25, -0.2) is 4.98 Å². The van der Waals surface area contributed by atoms with Crippen LogP contribution in [0.3, 0.4) is 0 Å². The predicted molar refractivity (Wildman–Crippen MR) is 131 cm³/mol. The van der Waals surface area contributed by atoms with Crippen LogP contribution in [-0.2, 0) is 4.79 Å². The van der Waals surface area contributed by atoms with Crippen molar-refractivity contribution in [2.75, 3.05) is 75.8 Å². The summed E-state index contributed by atoms with van der Waals surface area (Å²) in [7, 11) is 1.68. The number of ether oxygens (including phenoxy) is 1. The topological polar surface area (TPSA) is 82.3 Å². The number of rotatable bonds is 6. The van der Waals surface area contributed by atoms with Gasteiger partial charge in [0.2, 0.25) is 5.91 Å². The molecule has 10 nitrogen and oxygen atoms in total. The normalized spacial score (nSPS) is 17.4. The summed E-state index contributed by atoms with van der Waals surface area (Å²) in [5.74, 6) is 2.78. The zero-order valence-corrected chi connectivity index (χ0v) is 19.9. The van der Waals surface area contributed by atoms with Crippen molar-refractivity contribution in [3.63, 3.8) is 0 Å². The minimum atomic E-state index is 0.255. The van der Waals surface area contributed by atoms with Gasteiger partial charge in [0, 0.05) is 82.8 Å². The number of nitrogens with zero attached hydrogens (tertiary/aromatic N) is 8. The molecule has 2 aliphatic heterocycles. The van der Waals surface area contributed by atoms with Crippen LogP contribution in [0, 0.1) is 6.92 Å². The van der Waals surface area contributed by atoms with Crippen molar-refractivity contribution in [1.29, 1.82) is 0 Å². The number of hydrogen-bond acceptors (Lipinski definition) is 8. The maximum Gasteiger partial charge on any atom is 0.254 e. The molecule has 180 valence electrons. The quantitative estimate of drug-likeness (QED) is 0.540. The summed E-state index contributed by atoms with van der Waals surface area (Å²) in [5.41, 5.74) is 2.12. The van der Waals surface area contributed by atoms with Crippen molar-refractivity contribution >= 4 is 23.2 Å². The van der Waals surface area contributed by atoms with Crippen molar-refractivity contribution < 1.29 is 9.53 Å². The van der Waals surface area contributed by atoms with Gasteiger partial charge in [-0.15, -0.1) is 0 Å². The molecule has 2 aliphatic rings. The highest BCUT2D eigenvalue weighted by atomic mass is 16.5. The molecule has 0 aliphatic carbocycles. The molecule has 2 fully saturated rings. The number of aromatic nitrogens is 4. The van der Waals surface area contributed by atoms with Crippen molar-refractivity contribution in [3.8, 4) is 5.75 Å². The average Bonchev–Trinajstić information content (AvgIpc) is 3.36. The molecule has 0 bridgehead atoms. The molecule has 4 heterocycles. The van der Waals surface area contributed by atoms with Crippen molar-refractivity contribution in [3.05, 3.63) is 42.4 Å². The second kappa shape index (κ2) is 9.84.